The van der Waals surface area contributed by atoms with Crippen molar-refractivity contribution in [3.63, 3.8) is 0 Å². The number of fused-ring (bicyclic) bond motifs is 1. The van der Waals surface area contributed by atoms with Gasteiger partial charge in [0, 0.05) is 11.7 Å². The molecular weight excluding hydrogens is 214 g/mol. The monoisotopic (exact) mass is 223 g/mol. The van der Waals surface area contributed by atoms with E-state index in [9.17, 15) is 4.79 Å². The van der Waals surface area contributed by atoms with Gasteiger partial charge >= 0.3 is 5.97 Å². The molecule has 0 radical (unpaired) electrons. The Morgan fingerprint density at radius 3 is 3.00 bits per heavy atom. The van der Waals surface area contributed by atoms with Crippen molar-refractivity contribution in [2.75, 3.05) is 6.61 Å². The molecule has 78 valence electrons. The second-order valence-corrected chi connectivity index (χ2v) is 3.42. The minimum atomic E-state index is -0.383. The van der Waals surface area contributed by atoms with E-state index in [4.69, 9.17) is 16.3 Å². The Kier molecular flexibility index (Phi) is 2.64. The van der Waals surface area contributed by atoms with Crippen LogP contribution in [0.4, 0.5) is 0 Å². The summed E-state index contributed by atoms with van der Waals surface area (Å²) in [6.45, 7) is 2.11. The highest BCUT2D eigenvalue weighted by Gasteiger charge is 2.15. The largest absolute Gasteiger partial charge is 0.462 e. The average molecular weight is 224 g/mol. The van der Waals surface area contributed by atoms with E-state index in [-0.39, 0.29) is 5.97 Å². The van der Waals surface area contributed by atoms with Gasteiger partial charge in [-0.3, -0.25) is 0 Å². The van der Waals surface area contributed by atoms with Crippen LogP contribution in [0.25, 0.3) is 5.52 Å². The number of rotatable bonds is 2. The number of ether oxygens (including phenoxy) is 1. The Balaban J connectivity index is 2.53. The summed E-state index contributed by atoms with van der Waals surface area (Å²) in [6.07, 6.45) is 1.81. The minimum Gasteiger partial charge on any atom is -0.462 e. The van der Waals surface area contributed by atoms with E-state index in [0.29, 0.717) is 17.3 Å². The van der Waals surface area contributed by atoms with E-state index in [2.05, 4.69) is 0 Å². The summed E-state index contributed by atoms with van der Waals surface area (Å²) in [6, 6.07) is 7.35. The number of carbonyl (C=O) groups is 1. The molecule has 0 amide bonds. The molecule has 2 rings (SSSR count). The van der Waals surface area contributed by atoms with Gasteiger partial charge in [-0.25, -0.2) is 4.79 Å². The lowest BCUT2D eigenvalue weighted by atomic mass is 10.3. The SMILES string of the molecule is CCOC(=O)c1cc2ccccn2c1Cl. The number of pyridine rings is 1. The quantitative estimate of drug-likeness (QED) is 0.733. The van der Waals surface area contributed by atoms with Crippen molar-refractivity contribution < 1.29 is 9.53 Å². The number of aromatic nitrogens is 1. The molecule has 0 aliphatic rings. The van der Waals surface area contributed by atoms with Crippen LogP contribution >= 0.6 is 11.6 Å². The summed E-state index contributed by atoms with van der Waals surface area (Å²) < 4.78 is 6.65. The Morgan fingerprint density at radius 2 is 2.33 bits per heavy atom. The van der Waals surface area contributed by atoms with Crippen molar-refractivity contribution in [1.82, 2.24) is 4.40 Å². The van der Waals surface area contributed by atoms with Crippen LogP contribution in [0.1, 0.15) is 17.3 Å². The van der Waals surface area contributed by atoms with Gasteiger partial charge in [-0.2, -0.15) is 0 Å². The predicted octanol–water partition coefficient (Wildman–Crippen LogP) is 2.77. The normalized spacial score (nSPS) is 10.5. The van der Waals surface area contributed by atoms with E-state index >= 15 is 0 Å². The zero-order valence-corrected chi connectivity index (χ0v) is 8.99. The summed E-state index contributed by atoms with van der Waals surface area (Å²) in [7, 11) is 0. The van der Waals surface area contributed by atoms with Crippen LogP contribution in [0.5, 0.6) is 0 Å². The van der Waals surface area contributed by atoms with Crippen LogP contribution in [0.2, 0.25) is 5.15 Å². The summed E-state index contributed by atoms with van der Waals surface area (Å²) >= 11 is 6.05. The Bertz CT molecular complexity index is 504. The molecule has 2 aromatic rings. The fraction of sp³-hybridized carbons (Fsp3) is 0.182. The van der Waals surface area contributed by atoms with Crippen molar-refractivity contribution >= 4 is 23.1 Å². The zero-order valence-electron chi connectivity index (χ0n) is 8.24. The summed E-state index contributed by atoms with van der Waals surface area (Å²) in [5.41, 5.74) is 1.29. The van der Waals surface area contributed by atoms with Gasteiger partial charge in [0.1, 0.15) is 5.15 Å². The molecule has 0 spiro atoms. The maximum Gasteiger partial charge on any atom is 0.341 e. The number of nitrogens with zero attached hydrogens (tertiary/aromatic N) is 1. The lowest BCUT2D eigenvalue weighted by Gasteiger charge is -1.99. The molecule has 0 unspecified atom stereocenters. The average Bonchev–Trinajstić information content (AvgIpc) is 2.57. The van der Waals surface area contributed by atoms with E-state index in [1.165, 1.54) is 0 Å². The Morgan fingerprint density at radius 1 is 1.53 bits per heavy atom. The molecule has 3 nitrogen and oxygen atoms in total. The summed E-state index contributed by atoms with van der Waals surface area (Å²) in [5.74, 6) is -0.383. The standard InChI is InChI=1S/C11H10ClNO2/c1-2-15-11(14)9-7-8-5-3-4-6-13(8)10(9)12/h3-7H,2H2,1H3. The van der Waals surface area contributed by atoms with Crippen LogP contribution in [0, 0.1) is 0 Å². The fourth-order valence-electron chi connectivity index (χ4n) is 1.44. The van der Waals surface area contributed by atoms with Crippen LogP contribution < -0.4 is 0 Å². The predicted molar refractivity (Wildman–Crippen MR) is 58.4 cm³/mol. The minimum absolute atomic E-state index is 0.349. The van der Waals surface area contributed by atoms with Gasteiger partial charge in [0.2, 0.25) is 0 Å². The molecule has 4 heteroatoms. The molecule has 0 bridgehead atoms. The van der Waals surface area contributed by atoms with Gasteiger partial charge in [-0.05, 0) is 25.1 Å². The molecular formula is C11H10ClNO2. The van der Waals surface area contributed by atoms with Crippen molar-refractivity contribution in [1.29, 1.82) is 0 Å². The first-order valence-corrected chi connectivity index (χ1v) is 5.04. The smallest absolute Gasteiger partial charge is 0.341 e. The van der Waals surface area contributed by atoms with Crippen LogP contribution in [0.3, 0.4) is 0 Å². The van der Waals surface area contributed by atoms with Crippen molar-refractivity contribution in [2.24, 2.45) is 0 Å². The number of carbonyl (C=O) groups excluding carboxylic acids is 1. The molecule has 2 heterocycles. The van der Waals surface area contributed by atoms with E-state index in [0.717, 1.165) is 5.52 Å². The molecule has 0 fully saturated rings. The molecule has 2 aromatic heterocycles. The van der Waals surface area contributed by atoms with Gasteiger partial charge in [-0.15, -0.1) is 0 Å². The van der Waals surface area contributed by atoms with Gasteiger partial charge in [0.05, 0.1) is 12.2 Å². The maximum atomic E-state index is 11.5. The topological polar surface area (TPSA) is 30.7 Å². The highest BCUT2D eigenvalue weighted by atomic mass is 35.5. The second-order valence-electron chi connectivity index (χ2n) is 3.06. The Labute approximate surface area is 92.2 Å². The van der Waals surface area contributed by atoms with Crippen LogP contribution in [0.15, 0.2) is 30.5 Å². The van der Waals surface area contributed by atoms with Crippen molar-refractivity contribution in [3.8, 4) is 0 Å². The van der Waals surface area contributed by atoms with Gasteiger partial charge in [0.25, 0.3) is 0 Å². The lowest BCUT2D eigenvalue weighted by Crippen LogP contribution is -2.03. The number of hydrogen-bond acceptors (Lipinski definition) is 2. The molecule has 15 heavy (non-hydrogen) atoms. The number of hydrogen-bond donors (Lipinski definition) is 0. The third-order valence-corrected chi connectivity index (χ3v) is 2.50. The first-order valence-electron chi connectivity index (χ1n) is 4.66. The van der Waals surface area contributed by atoms with Gasteiger partial charge in [-0.1, -0.05) is 17.7 Å². The summed E-state index contributed by atoms with van der Waals surface area (Å²) in [4.78, 5) is 11.5. The molecule has 0 saturated heterocycles. The van der Waals surface area contributed by atoms with E-state index in [1.54, 1.807) is 23.6 Å². The van der Waals surface area contributed by atoms with Gasteiger partial charge in [0.15, 0.2) is 0 Å². The third-order valence-electron chi connectivity index (χ3n) is 2.11. The first-order chi connectivity index (χ1) is 7.24. The highest BCUT2D eigenvalue weighted by Crippen LogP contribution is 2.22. The number of halogens is 1. The lowest BCUT2D eigenvalue weighted by molar-refractivity contribution is 0.0527. The summed E-state index contributed by atoms with van der Waals surface area (Å²) in [5, 5.41) is 0.393. The van der Waals surface area contributed by atoms with Crippen molar-refractivity contribution in [3.05, 3.63) is 41.2 Å². The maximum absolute atomic E-state index is 11.5. The fourth-order valence-corrected chi connectivity index (χ4v) is 1.73. The van der Waals surface area contributed by atoms with E-state index in [1.807, 2.05) is 18.2 Å². The Hall–Kier alpha value is -1.48. The zero-order chi connectivity index (χ0) is 10.8. The molecule has 0 atom stereocenters. The van der Waals surface area contributed by atoms with Crippen LogP contribution in [-0.2, 0) is 4.74 Å². The molecule has 0 saturated carbocycles. The third kappa shape index (κ3) is 1.70. The number of esters is 1. The first kappa shape index (κ1) is 10.1. The van der Waals surface area contributed by atoms with E-state index < -0.39 is 0 Å². The molecule has 0 N–H and O–H groups in total. The molecule has 0 aliphatic carbocycles. The highest BCUT2D eigenvalue weighted by molar-refractivity contribution is 6.33. The van der Waals surface area contributed by atoms with Crippen molar-refractivity contribution in [2.45, 2.75) is 6.92 Å². The van der Waals surface area contributed by atoms with Crippen LogP contribution in [-0.4, -0.2) is 17.0 Å². The molecule has 0 aromatic carbocycles. The molecule has 0 aliphatic heterocycles. The second kappa shape index (κ2) is 3.95. The van der Waals surface area contributed by atoms with Gasteiger partial charge < -0.3 is 9.14 Å².